The average molecular weight is 330 g/mol. The van der Waals surface area contributed by atoms with Gasteiger partial charge in [-0.2, -0.15) is 0 Å². The van der Waals surface area contributed by atoms with Crippen molar-refractivity contribution in [3.05, 3.63) is 54.1 Å². The molecule has 0 aromatic heterocycles. The number of benzene rings is 2. The highest BCUT2D eigenvalue weighted by Gasteiger charge is 2.10. The number of anilines is 1. The maximum Gasteiger partial charge on any atom is 0.319 e. The van der Waals surface area contributed by atoms with Gasteiger partial charge in [0.05, 0.1) is 26.0 Å². The van der Waals surface area contributed by atoms with E-state index < -0.39 is 6.10 Å². The fraction of sp³-hybridized carbons (Fsp3) is 0.278. The first-order valence-electron chi connectivity index (χ1n) is 7.64. The van der Waals surface area contributed by atoms with Gasteiger partial charge in [0.1, 0.15) is 11.5 Å². The van der Waals surface area contributed by atoms with Crippen molar-refractivity contribution in [2.75, 3.05) is 26.1 Å². The molecule has 6 heteroatoms. The third-order valence-electron chi connectivity index (χ3n) is 3.54. The molecular weight excluding hydrogens is 308 g/mol. The predicted octanol–water partition coefficient (Wildman–Crippen LogP) is 2.95. The largest absolute Gasteiger partial charge is 0.497 e. The smallest absolute Gasteiger partial charge is 0.319 e. The number of aliphatic hydroxyl groups is 1. The first-order chi connectivity index (χ1) is 11.6. The van der Waals surface area contributed by atoms with Crippen LogP contribution in [0.2, 0.25) is 0 Å². The number of carbonyl (C=O) groups excluding carboxylic acids is 1. The quantitative estimate of drug-likeness (QED) is 0.729. The molecule has 0 saturated carbocycles. The van der Waals surface area contributed by atoms with E-state index in [4.69, 9.17) is 9.47 Å². The maximum absolute atomic E-state index is 12.0. The van der Waals surface area contributed by atoms with Crippen molar-refractivity contribution in [1.82, 2.24) is 5.32 Å². The van der Waals surface area contributed by atoms with Gasteiger partial charge in [-0.1, -0.05) is 30.3 Å². The Morgan fingerprint density at radius 2 is 1.88 bits per heavy atom. The van der Waals surface area contributed by atoms with Gasteiger partial charge in [0.25, 0.3) is 0 Å². The van der Waals surface area contributed by atoms with Crippen LogP contribution in [0, 0.1) is 0 Å². The minimum absolute atomic E-state index is 0.348. The zero-order valence-electron chi connectivity index (χ0n) is 13.8. The van der Waals surface area contributed by atoms with Crippen LogP contribution in [0.3, 0.4) is 0 Å². The van der Waals surface area contributed by atoms with E-state index >= 15 is 0 Å². The lowest BCUT2D eigenvalue weighted by atomic mass is 10.1. The van der Waals surface area contributed by atoms with E-state index in [1.165, 1.54) is 7.11 Å². The second-order valence-corrected chi connectivity index (χ2v) is 5.16. The summed E-state index contributed by atoms with van der Waals surface area (Å²) in [5.74, 6) is 1.15. The van der Waals surface area contributed by atoms with E-state index in [9.17, 15) is 9.90 Å². The zero-order valence-corrected chi connectivity index (χ0v) is 13.8. The van der Waals surface area contributed by atoms with E-state index in [-0.39, 0.29) is 6.03 Å². The molecule has 1 atom stereocenters. The zero-order chi connectivity index (χ0) is 17.4. The Balaban J connectivity index is 1.83. The number of hydrogen-bond donors (Lipinski definition) is 3. The van der Waals surface area contributed by atoms with E-state index in [1.807, 2.05) is 30.3 Å². The van der Waals surface area contributed by atoms with Crippen molar-refractivity contribution in [2.45, 2.75) is 12.5 Å². The van der Waals surface area contributed by atoms with Crippen LogP contribution < -0.4 is 20.1 Å². The lowest BCUT2D eigenvalue weighted by molar-refractivity contribution is 0.167. The summed E-state index contributed by atoms with van der Waals surface area (Å²) >= 11 is 0. The lowest BCUT2D eigenvalue weighted by Crippen LogP contribution is -2.30. The minimum Gasteiger partial charge on any atom is -0.497 e. The van der Waals surface area contributed by atoms with Crippen molar-refractivity contribution < 1.29 is 19.4 Å². The summed E-state index contributed by atoms with van der Waals surface area (Å²) in [5, 5.41) is 15.5. The summed E-state index contributed by atoms with van der Waals surface area (Å²) in [5.41, 5.74) is 1.37. The number of rotatable bonds is 7. The van der Waals surface area contributed by atoms with Gasteiger partial charge < -0.3 is 25.2 Å². The number of aliphatic hydroxyl groups excluding tert-OH is 1. The molecule has 0 spiro atoms. The Kier molecular flexibility index (Phi) is 6.45. The molecule has 0 aliphatic carbocycles. The summed E-state index contributed by atoms with van der Waals surface area (Å²) in [7, 11) is 3.08. The molecule has 1 unspecified atom stereocenters. The number of amides is 2. The standard InChI is InChI=1S/C18H22N2O4/c1-23-14-8-9-15(17(12-14)24-2)20-18(22)19-11-10-16(21)13-6-4-3-5-7-13/h3-9,12,16,21H,10-11H2,1-2H3,(H2,19,20,22). The molecule has 0 saturated heterocycles. The van der Waals surface area contributed by atoms with Crippen molar-refractivity contribution in [1.29, 1.82) is 0 Å². The highest BCUT2D eigenvalue weighted by atomic mass is 16.5. The molecule has 0 aliphatic rings. The molecule has 3 N–H and O–H groups in total. The van der Waals surface area contributed by atoms with Gasteiger partial charge in [-0.3, -0.25) is 0 Å². The Morgan fingerprint density at radius 1 is 1.12 bits per heavy atom. The molecule has 2 amide bonds. The van der Waals surface area contributed by atoms with E-state index in [1.54, 1.807) is 25.3 Å². The highest BCUT2D eigenvalue weighted by molar-refractivity contribution is 5.91. The van der Waals surface area contributed by atoms with Gasteiger partial charge in [-0.15, -0.1) is 0 Å². The molecule has 2 aromatic carbocycles. The van der Waals surface area contributed by atoms with Crippen LogP contribution in [0.25, 0.3) is 0 Å². The summed E-state index contributed by atoms with van der Waals surface area (Å²) < 4.78 is 10.3. The fourth-order valence-corrected chi connectivity index (χ4v) is 2.23. The lowest BCUT2D eigenvalue weighted by Gasteiger charge is -2.14. The van der Waals surface area contributed by atoms with Gasteiger partial charge in [0.2, 0.25) is 0 Å². The van der Waals surface area contributed by atoms with Crippen LogP contribution in [0.4, 0.5) is 10.5 Å². The number of nitrogens with one attached hydrogen (secondary N) is 2. The Bertz CT molecular complexity index is 661. The van der Waals surface area contributed by atoms with Crippen molar-refractivity contribution in [3.63, 3.8) is 0 Å². The summed E-state index contributed by atoms with van der Waals surface area (Å²) in [6.07, 6.45) is -0.181. The molecule has 0 heterocycles. The molecule has 0 radical (unpaired) electrons. The third-order valence-corrected chi connectivity index (χ3v) is 3.54. The number of ether oxygens (including phenoxy) is 2. The maximum atomic E-state index is 12.0. The molecule has 0 fully saturated rings. The molecule has 6 nitrogen and oxygen atoms in total. The van der Waals surface area contributed by atoms with E-state index in [0.29, 0.717) is 30.2 Å². The second kappa shape index (κ2) is 8.79. The monoisotopic (exact) mass is 330 g/mol. The molecule has 2 aromatic rings. The Morgan fingerprint density at radius 3 is 2.54 bits per heavy atom. The van der Waals surface area contributed by atoms with Gasteiger partial charge in [0.15, 0.2) is 0 Å². The molecule has 0 bridgehead atoms. The normalized spacial score (nSPS) is 11.5. The van der Waals surface area contributed by atoms with Crippen LogP contribution in [0.5, 0.6) is 11.5 Å². The van der Waals surface area contributed by atoms with Gasteiger partial charge in [-0.25, -0.2) is 4.79 Å². The first kappa shape index (κ1) is 17.6. The number of urea groups is 1. The fourth-order valence-electron chi connectivity index (χ4n) is 2.23. The Labute approximate surface area is 141 Å². The van der Waals surface area contributed by atoms with Crippen LogP contribution in [-0.4, -0.2) is 31.9 Å². The van der Waals surface area contributed by atoms with Crippen LogP contribution >= 0.6 is 0 Å². The van der Waals surface area contributed by atoms with Crippen LogP contribution in [0.1, 0.15) is 18.1 Å². The second-order valence-electron chi connectivity index (χ2n) is 5.16. The van der Waals surface area contributed by atoms with E-state index in [2.05, 4.69) is 10.6 Å². The van der Waals surface area contributed by atoms with Crippen molar-refractivity contribution >= 4 is 11.7 Å². The number of methoxy groups -OCH3 is 2. The molecular formula is C18H22N2O4. The van der Waals surface area contributed by atoms with Gasteiger partial charge in [0, 0.05) is 12.6 Å². The van der Waals surface area contributed by atoms with Gasteiger partial charge in [-0.05, 0) is 24.1 Å². The van der Waals surface area contributed by atoms with Gasteiger partial charge >= 0.3 is 6.03 Å². The third kappa shape index (κ3) is 4.89. The minimum atomic E-state index is -0.609. The first-order valence-corrected chi connectivity index (χ1v) is 7.64. The Hall–Kier alpha value is -2.73. The van der Waals surface area contributed by atoms with Crippen molar-refractivity contribution in [2.24, 2.45) is 0 Å². The van der Waals surface area contributed by atoms with Crippen LogP contribution in [-0.2, 0) is 0 Å². The molecule has 2 rings (SSSR count). The average Bonchev–Trinajstić information content (AvgIpc) is 2.62. The molecule has 0 aliphatic heterocycles. The predicted molar refractivity (Wildman–Crippen MR) is 92.6 cm³/mol. The SMILES string of the molecule is COc1ccc(NC(=O)NCCC(O)c2ccccc2)c(OC)c1. The number of hydrogen-bond acceptors (Lipinski definition) is 4. The summed E-state index contributed by atoms with van der Waals surface area (Å²) in [6.45, 7) is 0.348. The molecule has 128 valence electrons. The summed E-state index contributed by atoms with van der Waals surface area (Å²) in [4.78, 5) is 12.0. The topological polar surface area (TPSA) is 79.8 Å². The van der Waals surface area contributed by atoms with Crippen LogP contribution in [0.15, 0.2) is 48.5 Å². The van der Waals surface area contributed by atoms with E-state index in [0.717, 1.165) is 5.56 Å². The number of carbonyl (C=O) groups is 1. The summed E-state index contributed by atoms with van der Waals surface area (Å²) in [6, 6.07) is 14.1. The molecule has 24 heavy (non-hydrogen) atoms. The highest BCUT2D eigenvalue weighted by Crippen LogP contribution is 2.28. The van der Waals surface area contributed by atoms with Crippen molar-refractivity contribution in [3.8, 4) is 11.5 Å².